The average Bonchev–Trinajstić information content (AvgIpc) is 2.76. The molecule has 8 heteroatoms. The Morgan fingerprint density at radius 2 is 2.17 bits per heavy atom. The van der Waals surface area contributed by atoms with Crippen LogP contribution in [-0.2, 0) is 0 Å². The van der Waals surface area contributed by atoms with Gasteiger partial charge < -0.3 is 10.9 Å². The molecular formula is C10H10N6O2. The van der Waals surface area contributed by atoms with Gasteiger partial charge in [-0.1, -0.05) is 12.1 Å². The SMILES string of the molecule is Nn1cnnc1NN=Cc1ccc(C(=O)O)cc1. The van der Waals surface area contributed by atoms with Gasteiger partial charge in [-0.3, -0.25) is 0 Å². The quantitative estimate of drug-likeness (QED) is 0.401. The molecule has 0 aliphatic rings. The van der Waals surface area contributed by atoms with Crippen LogP contribution >= 0.6 is 0 Å². The van der Waals surface area contributed by atoms with E-state index in [-0.39, 0.29) is 5.56 Å². The number of anilines is 1. The minimum atomic E-state index is -0.965. The number of aromatic nitrogens is 3. The Kier molecular flexibility index (Phi) is 3.19. The molecule has 0 unspecified atom stereocenters. The van der Waals surface area contributed by atoms with E-state index in [4.69, 9.17) is 10.9 Å². The molecule has 1 heterocycles. The smallest absolute Gasteiger partial charge is 0.335 e. The van der Waals surface area contributed by atoms with Gasteiger partial charge in [0.25, 0.3) is 5.95 Å². The first-order valence-electron chi connectivity index (χ1n) is 4.94. The summed E-state index contributed by atoms with van der Waals surface area (Å²) in [6.45, 7) is 0. The van der Waals surface area contributed by atoms with Crippen LogP contribution in [0.15, 0.2) is 35.7 Å². The lowest BCUT2D eigenvalue weighted by molar-refractivity contribution is 0.0697. The summed E-state index contributed by atoms with van der Waals surface area (Å²) < 4.78 is 1.19. The summed E-state index contributed by atoms with van der Waals surface area (Å²) in [5, 5.41) is 19.9. The summed E-state index contributed by atoms with van der Waals surface area (Å²) in [6.07, 6.45) is 2.85. The number of hydrazone groups is 1. The molecule has 0 spiro atoms. The number of nitrogens with one attached hydrogen (secondary N) is 1. The summed E-state index contributed by atoms with van der Waals surface area (Å²) in [5.41, 5.74) is 3.57. The van der Waals surface area contributed by atoms with Crippen molar-refractivity contribution in [3.63, 3.8) is 0 Å². The molecule has 0 fully saturated rings. The Labute approximate surface area is 102 Å². The Hall–Kier alpha value is -2.90. The standard InChI is InChI=1S/C10H10N6O2/c11-16-6-13-15-10(16)14-12-5-7-1-3-8(4-2-7)9(17)18/h1-6H,11H2,(H,14,15)(H,17,18). The van der Waals surface area contributed by atoms with E-state index in [2.05, 4.69) is 20.7 Å². The van der Waals surface area contributed by atoms with Crippen molar-refractivity contribution >= 4 is 18.1 Å². The number of nitrogen functional groups attached to an aromatic ring is 1. The average molecular weight is 246 g/mol. The van der Waals surface area contributed by atoms with E-state index in [0.29, 0.717) is 5.95 Å². The number of hydrogen-bond donors (Lipinski definition) is 3. The number of nitrogens with two attached hydrogens (primary N) is 1. The number of nitrogens with zero attached hydrogens (tertiary/aromatic N) is 4. The van der Waals surface area contributed by atoms with Crippen LogP contribution in [0.5, 0.6) is 0 Å². The van der Waals surface area contributed by atoms with Gasteiger partial charge in [0.05, 0.1) is 11.8 Å². The largest absolute Gasteiger partial charge is 0.478 e. The molecule has 0 aliphatic carbocycles. The first-order chi connectivity index (χ1) is 8.66. The maximum atomic E-state index is 10.6. The van der Waals surface area contributed by atoms with E-state index in [0.717, 1.165) is 5.56 Å². The molecule has 18 heavy (non-hydrogen) atoms. The molecule has 0 atom stereocenters. The minimum Gasteiger partial charge on any atom is -0.478 e. The number of benzene rings is 1. The zero-order chi connectivity index (χ0) is 13.0. The molecule has 92 valence electrons. The van der Waals surface area contributed by atoms with Crippen LogP contribution in [0.4, 0.5) is 5.95 Å². The monoisotopic (exact) mass is 246 g/mol. The Bertz CT molecular complexity index is 574. The molecule has 0 saturated carbocycles. The summed E-state index contributed by atoms with van der Waals surface area (Å²) in [5.74, 6) is 4.80. The van der Waals surface area contributed by atoms with Gasteiger partial charge in [0.2, 0.25) is 0 Å². The predicted octanol–water partition coefficient (Wildman–Crippen LogP) is 0.136. The first kappa shape index (κ1) is 11.6. The Morgan fingerprint density at radius 1 is 1.44 bits per heavy atom. The molecule has 0 amide bonds. The molecule has 0 bridgehead atoms. The van der Waals surface area contributed by atoms with Crippen molar-refractivity contribution in [1.82, 2.24) is 14.9 Å². The van der Waals surface area contributed by atoms with Gasteiger partial charge in [0.15, 0.2) is 0 Å². The Morgan fingerprint density at radius 3 is 2.72 bits per heavy atom. The highest BCUT2D eigenvalue weighted by molar-refractivity contribution is 5.89. The van der Waals surface area contributed by atoms with Crippen LogP contribution in [0.25, 0.3) is 0 Å². The minimum absolute atomic E-state index is 0.224. The topological polar surface area (TPSA) is 118 Å². The van der Waals surface area contributed by atoms with Gasteiger partial charge in [0.1, 0.15) is 6.33 Å². The van der Waals surface area contributed by atoms with Crippen LogP contribution in [0.3, 0.4) is 0 Å². The summed E-state index contributed by atoms with van der Waals surface area (Å²) in [4.78, 5) is 10.6. The lowest BCUT2D eigenvalue weighted by atomic mass is 10.1. The molecule has 0 radical (unpaired) electrons. The maximum Gasteiger partial charge on any atom is 0.335 e. The predicted molar refractivity (Wildman–Crippen MR) is 64.8 cm³/mol. The van der Waals surface area contributed by atoms with E-state index in [1.165, 1.54) is 29.4 Å². The fraction of sp³-hybridized carbons (Fsp3) is 0. The fourth-order valence-electron chi connectivity index (χ4n) is 1.20. The van der Waals surface area contributed by atoms with Crippen molar-refractivity contribution in [2.24, 2.45) is 5.10 Å². The second-order valence-corrected chi connectivity index (χ2v) is 3.36. The van der Waals surface area contributed by atoms with Crippen molar-refractivity contribution in [1.29, 1.82) is 0 Å². The fourth-order valence-corrected chi connectivity index (χ4v) is 1.20. The number of rotatable bonds is 4. The van der Waals surface area contributed by atoms with Crippen LogP contribution in [0.2, 0.25) is 0 Å². The number of carboxylic acids is 1. The van der Waals surface area contributed by atoms with Crippen molar-refractivity contribution in [3.8, 4) is 0 Å². The molecule has 0 saturated heterocycles. The lowest BCUT2D eigenvalue weighted by Crippen LogP contribution is -2.10. The summed E-state index contributed by atoms with van der Waals surface area (Å²) >= 11 is 0. The summed E-state index contributed by atoms with van der Waals surface area (Å²) in [6, 6.07) is 6.27. The third kappa shape index (κ3) is 2.61. The maximum absolute atomic E-state index is 10.6. The van der Waals surface area contributed by atoms with E-state index in [1.807, 2.05) is 0 Å². The third-order valence-electron chi connectivity index (χ3n) is 2.11. The highest BCUT2D eigenvalue weighted by Gasteiger charge is 2.00. The third-order valence-corrected chi connectivity index (χ3v) is 2.11. The van der Waals surface area contributed by atoms with Crippen molar-refractivity contribution < 1.29 is 9.90 Å². The molecule has 4 N–H and O–H groups in total. The molecule has 1 aromatic heterocycles. The van der Waals surface area contributed by atoms with Gasteiger partial charge in [-0.25, -0.2) is 14.9 Å². The van der Waals surface area contributed by atoms with E-state index in [1.54, 1.807) is 12.1 Å². The van der Waals surface area contributed by atoms with E-state index < -0.39 is 5.97 Å². The number of aromatic carboxylic acids is 1. The molecule has 0 aliphatic heterocycles. The highest BCUT2D eigenvalue weighted by Crippen LogP contribution is 2.02. The van der Waals surface area contributed by atoms with Gasteiger partial charge >= 0.3 is 5.97 Å². The van der Waals surface area contributed by atoms with Crippen molar-refractivity contribution in [2.45, 2.75) is 0 Å². The van der Waals surface area contributed by atoms with Crippen LogP contribution in [-0.4, -0.2) is 32.2 Å². The van der Waals surface area contributed by atoms with Crippen LogP contribution in [0.1, 0.15) is 15.9 Å². The van der Waals surface area contributed by atoms with E-state index in [9.17, 15) is 4.79 Å². The second kappa shape index (κ2) is 4.95. The van der Waals surface area contributed by atoms with Gasteiger partial charge in [0, 0.05) is 0 Å². The van der Waals surface area contributed by atoms with Crippen molar-refractivity contribution in [2.75, 3.05) is 11.3 Å². The van der Waals surface area contributed by atoms with Crippen molar-refractivity contribution in [3.05, 3.63) is 41.7 Å². The van der Waals surface area contributed by atoms with Gasteiger partial charge in [-0.2, -0.15) is 5.10 Å². The zero-order valence-electron chi connectivity index (χ0n) is 9.19. The Balaban J connectivity index is 2.01. The molecule has 2 rings (SSSR count). The number of carboxylic acid groups (broad SMARTS) is 1. The molecule has 2 aromatic rings. The normalized spacial score (nSPS) is 10.7. The number of carbonyl (C=O) groups is 1. The van der Waals surface area contributed by atoms with E-state index >= 15 is 0 Å². The zero-order valence-corrected chi connectivity index (χ0v) is 9.19. The lowest BCUT2D eigenvalue weighted by Gasteiger charge is -1.98. The highest BCUT2D eigenvalue weighted by atomic mass is 16.4. The number of hydrogen-bond acceptors (Lipinski definition) is 6. The van der Waals surface area contributed by atoms with Crippen LogP contribution in [0, 0.1) is 0 Å². The van der Waals surface area contributed by atoms with Gasteiger partial charge in [-0.05, 0) is 17.7 Å². The van der Waals surface area contributed by atoms with Crippen LogP contribution < -0.4 is 11.3 Å². The van der Waals surface area contributed by atoms with Gasteiger partial charge in [-0.15, -0.1) is 10.2 Å². The summed E-state index contributed by atoms with van der Waals surface area (Å²) in [7, 11) is 0. The first-order valence-corrected chi connectivity index (χ1v) is 4.94. The second-order valence-electron chi connectivity index (χ2n) is 3.36. The molecular weight excluding hydrogens is 236 g/mol. The molecule has 8 nitrogen and oxygen atoms in total. The molecule has 1 aromatic carbocycles.